The second kappa shape index (κ2) is 8.07. The van der Waals surface area contributed by atoms with Gasteiger partial charge in [0.25, 0.3) is 0 Å². The first-order valence-electron chi connectivity index (χ1n) is 8.26. The van der Waals surface area contributed by atoms with Crippen molar-refractivity contribution in [1.29, 1.82) is 0 Å². The summed E-state index contributed by atoms with van der Waals surface area (Å²) < 4.78 is 5.66. The van der Waals surface area contributed by atoms with Crippen molar-refractivity contribution in [3.05, 3.63) is 43.1 Å². The average molecular weight is 359 g/mol. The van der Waals surface area contributed by atoms with Crippen molar-refractivity contribution in [1.82, 2.24) is 20.3 Å². The summed E-state index contributed by atoms with van der Waals surface area (Å²) in [7, 11) is 0. The summed E-state index contributed by atoms with van der Waals surface area (Å²) in [5.74, 6) is 0.350. The summed E-state index contributed by atoms with van der Waals surface area (Å²) in [4.78, 5) is 24.0. The van der Waals surface area contributed by atoms with Gasteiger partial charge in [-0.1, -0.05) is 0 Å². The van der Waals surface area contributed by atoms with Crippen molar-refractivity contribution in [2.45, 2.75) is 25.0 Å². The van der Waals surface area contributed by atoms with E-state index in [-0.39, 0.29) is 13.2 Å². The quantitative estimate of drug-likeness (QED) is 0.593. The first-order valence-corrected chi connectivity index (χ1v) is 8.26. The zero-order chi connectivity index (χ0) is 18.4. The summed E-state index contributed by atoms with van der Waals surface area (Å²) in [5.41, 5.74) is -0.0378. The van der Waals surface area contributed by atoms with Crippen molar-refractivity contribution < 1.29 is 19.7 Å². The zero-order valence-corrected chi connectivity index (χ0v) is 14.1. The van der Waals surface area contributed by atoms with Crippen LogP contribution in [-0.2, 0) is 0 Å². The standard InChI is InChI=1S/C17H21N5O4/c23-13-6-17(7-14(13)24,11-26-15-9-19-4-5-20-15)10-21-16(25)22-12-2-1-3-18-8-12/h1-5,8-9,13-14,23-24H,6-7,10-11H2,(H2,21,22,25). The van der Waals surface area contributed by atoms with Crippen molar-refractivity contribution in [3.8, 4) is 5.88 Å². The van der Waals surface area contributed by atoms with Gasteiger partial charge in [0.2, 0.25) is 5.88 Å². The van der Waals surface area contributed by atoms with Gasteiger partial charge in [-0.2, -0.15) is 0 Å². The predicted molar refractivity (Wildman–Crippen MR) is 92.5 cm³/mol. The van der Waals surface area contributed by atoms with E-state index in [0.717, 1.165) is 0 Å². The Morgan fingerprint density at radius 2 is 1.96 bits per heavy atom. The molecule has 0 aliphatic heterocycles. The number of rotatable bonds is 6. The Morgan fingerprint density at radius 3 is 2.62 bits per heavy atom. The molecule has 0 radical (unpaired) electrons. The van der Waals surface area contributed by atoms with Crippen LogP contribution in [0.15, 0.2) is 43.1 Å². The predicted octanol–water partition coefficient (Wildman–Crippen LogP) is 0.574. The molecule has 26 heavy (non-hydrogen) atoms. The van der Waals surface area contributed by atoms with Crippen LogP contribution in [-0.4, -0.2) is 56.6 Å². The first kappa shape index (κ1) is 18.0. The van der Waals surface area contributed by atoms with Crippen LogP contribution in [0.1, 0.15) is 12.8 Å². The van der Waals surface area contributed by atoms with Gasteiger partial charge in [-0.25, -0.2) is 9.78 Å². The molecule has 2 amide bonds. The van der Waals surface area contributed by atoms with Crippen LogP contribution in [0.5, 0.6) is 5.88 Å². The van der Waals surface area contributed by atoms with Gasteiger partial charge in [0.05, 0.1) is 36.9 Å². The highest BCUT2D eigenvalue weighted by atomic mass is 16.5. The summed E-state index contributed by atoms with van der Waals surface area (Å²) in [6, 6.07) is 3.05. The highest BCUT2D eigenvalue weighted by Gasteiger charge is 2.45. The van der Waals surface area contributed by atoms with Gasteiger partial charge in [-0.15, -0.1) is 0 Å². The lowest BCUT2D eigenvalue weighted by molar-refractivity contribution is 0.0438. The molecule has 2 unspecified atom stereocenters. The minimum atomic E-state index is -0.858. The molecule has 3 rings (SSSR count). The number of aliphatic hydroxyl groups excluding tert-OH is 2. The van der Waals surface area contributed by atoms with Crippen molar-refractivity contribution in [3.63, 3.8) is 0 Å². The number of nitrogens with one attached hydrogen (secondary N) is 2. The SMILES string of the molecule is O=C(NCC1(COc2cnccn2)CC(O)C(O)C1)Nc1cccnc1. The average Bonchev–Trinajstić information content (AvgIpc) is 2.95. The van der Waals surface area contributed by atoms with Gasteiger partial charge in [0.15, 0.2) is 0 Å². The minimum absolute atomic E-state index is 0.187. The van der Waals surface area contributed by atoms with E-state index in [1.165, 1.54) is 24.8 Å². The minimum Gasteiger partial charge on any atom is -0.476 e. The number of hydrogen-bond donors (Lipinski definition) is 4. The normalized spacial score (nSPS) is 24.8. The third-order valence-electron chi connectivity index (χ3n) is 4.34. The van der Waals surface area contributed by atoms with E-state index in [0.29, 0.717) is 24.4 Å². The lowest BCUT2D eigenvalue weighted by Crippen LogP contribution is -2.42. The summed E-state index contributed by atoms with van der Waals surface area (Å²) >= 11 is 0. The zero-order valence-electron chi connectivity index (χ0n) is 14.1. The molecule has 9 nitrogen and oxygen atoms in total. The van der Waals surface area contributed by atoms with Crippen molar-refractivity contribution in [2.24, 2.45) is 5.41 Å². The van der Waals surface area contributed by atoms with Crippen LogP contribution in [0.4, 0.5) is 10.5 Å². The van der Waals surface area contributed by atoms with Crippen molar-refractivity contribution >= 4 is 11.7 Å². The molecule has 2 aromatic rings. The Bertz CT molecular complexity index is 706. The highest BCUT2D eigenvalue weighted by Crippen LogP contribution is 2.38. The van der Waals surface area contributed by atoms with Crippen LogP contribution in [0.2, 0.25) is 0 Å². The number of hydrogen-bond acceptors (Lipinski definition) is 7. The molecule has 2 atom stereocenters. The molecule has 0 saturated heterocycles. The number of carbonyl (C=O) groups excluding carboxylic acids is 1. The molecule has 2 aromatic heterocycles. The number of anilines is 1. The van der Waals surface area contributed by atoms with Crippen LogP contribution in [0.3, 0.4) is 0 Å². The van der Waals surface area contributed by atoms with Crippen LogP contribution >= 0.6 is 0 Å². The third kappa shape index (κ3) is 4.64. The van der Waals surface area contributed by atoms with E-state index in [4.69, 9.17) is 4.74 Å². The van der Waals surface area contributed by atoms with E-state index in [2.05, 4.69) is 25.6 Å². The van der Waals surface area contributed by atoms with Crippen LogP contribution < -0.4 is 15.4 Å². The summed E-state index contributed by atoms with van der Waals surface area (Å²) in [6.07, 6.45) is 6.59. The van der Waals surface area contributed by atoms with E-state index in [1.807, 2.05) is 0 Å². The fraction of sp³-hybridized carbons (Fsp3) is 0.412. The Hall–Kier alpha value is -2.78. The smallest absolute Gasteiger partial charge is 0.319 e. The molecular formula is C17H21N5O4. The maximum atomic E-state index is 12.1. The maximum Gasteiger partial charge on any atom is 0.319 e. The molecule has 4 N–H and O–H groups in total. The number of aromatic nitrogens is 3. The lowest BCUT2D eigenvalue weighted by atomic mass is 9.86. The van der Waals surface area contributed by atoms with E-state index in [9.17, 15) is 15.0 Å². The second-order valence-corrected chi connectivity index (χ2v) is 6.42. The summed E-state index contributed by atoms with van der Waals surface area (Å²) in [5, 5.41) is 25.4. The molecule has 0 spiro atoms. The molecule has 1 saturated carbocycles. The monoisotopic (exact) mass is 359 g/mol. The molecule has 9 heteroatoms. The number of urea groups is 1. The molecule has 138 valence electrons. The Kier molecular flexibility index (Phi) is 5.59. The molecule has 1 aliphatic rings. The maximum absolute atomic E-state index is 12.1. The second-order valence-electron chi connectivity index (χ2n) is 6.42. The molecular weight excluding hydrogens is 338 g/mol. The first-order chi connectivity index (χ1) is 12.6. The number of amides is 2. The number of aliphatic hydroxyl groups is 2. The topological polar surface area (TPSA) is 129 Å². The molecule has 1 fully saturated rings. The molecule has 0 bridgehead atoms. The van der Waals surface area contributed by atoms with Crippen LogP contribution in [0.25, 0.3) is 0 Å². The van der Waals surface area contributed by atoms with Gasteiger partial charge >= 0.3 is 6.03 Å². The molecule has 0 aromatic carbocycles. The van der Waals surface area contributed by atoms with E-state index in [1.54, 1.807) is 18.3 Å². The van der Waals surface area contributed by atoms with Crippen molar-refractivity contribution in [2.75, 3.05) is 18.5 Å². The van der Waals surface area contributed by atoms with Gasteiger partial charge in [0, 0.05) is 30.6 Å². The Balaban J connectivity index is 1.60. The highest BCUT2D eigenvalue weighted by molar-refractivity contribution is 5.88. The summed E-state index contributed by atoms with van der Waals surface area (Å²) in [6.45, 7) is 0.417. The number of carbonyl (C=O) groups is 1. The Labute approximate surface area is 150 Å². The van der Waals surface area contributed by atoms with Gasteiger partial charge < -0.3 is 25.6 Å². The number of nitrogens with zero attached hydrogens (tertiary/aromatic N) is 3. The Morgan fingerprint density at radius 1 is 1.19 bits per heavy atom. The fourth-order valence-electron chi connectivity index (χ4n) is 3.02. The lowest BCUT2D eigenvalue weighted by Gasteiger charge is -2.28. The van der Waals surface area contributed by atoms with Crippen LogP contribution in [0, 0.1) is 5.41 Å². The number of pyridine rings is 1. The van der Waals surface area contributed by atoms with E-state index < -0.39 is 23.7 Å². The number of ether oxygens (including phenoxy) is 1. The fourth-order valence-corrected chi connectivity index (χ4v) is 3.02. The van der Waals surface area contributed by atoms with Gasteiger partial charge in [0.1, 0.15) is 0 Å². The third-order valence-corrected chi connectivity index (χ3v) is 4.34. The van der Waals surface area contributed by atoms with Gasteiger partial charge in [-0.3, -0.25) is 9.97 Å². The molecule has 1 aliphatic carbocycles. The molecule has 2 heterocycles. The largest absolute Gasteiger partial charge is 0.476 e. The van der Waals surface area contributed by atoms with E-state index >= 15 is 0 Å². The van der Waals surface area contributed by atoms with Gasteiger partial charge in [-0.05, 0) is 25.0 Å².